The molecule has 5 heteroatoms. The zero-order chi connectivity index (χ0) is 10.7. The van der Waals surface area contributed by atoms with Crippen LogP contribution in [0.1, 0.15) is 18.7 Å². The topological polar surface area (TPSA) is 51.0 Å². The summed E-state index contributed by atoms with van der Waals surface area (Å²) < 4.78 is 6.12. The van der Waals surface area contributed by atoms with Crippen LogP contribution in [-0.4, -0.2) is 9.97 Å². The molecule has 2 heterocycles. The van der Waals surface area contributed by atoms with Crippen LogP contribution in [0.5, 0.6) is 0 Å². The van der Waals surface area contributed by atoms with Gasteiger partial charge in [-0.1, -0.05) is 0 Å². The van der Waals surface area contributed by atoms with E-state index in [2.05, 4.69) is 31.2 Å². The van der Waals surface area contributed by atoms with Crippen molar-refractivity contribution in [2.24, 2.45) is 0 Å². The molecule has 78 valence electrons. The van der Waals surface area contributed by atoms with Gasteiger partial charge < -0.3 is 9.73 Å². The highest BCUT2D eigenvalue weighted by Crippen LogP contribution is 2.17. The Morgan fingerprint density at radius 2 is 2.13 bits per heavy atom. The summed E-state index contributed by atoms with van der Waals surface area (Å²) in [6.07, 6.45) is 5.05. The van der Waals surface area contributed by atoms with Crippen LogP contribution in [0, 0.1) is 0 Å². The van der Waals surface area contributed by atoms with Crippen LogP contribution < -0.4 is 5.32 Å². The minimum atomic E-state index is 0.0566. The lowest BCUT2D eigenvalue weighted by Crippen LogP contribution is -2.08. The largest absolute Gasteiger partial charge is 0.467 e. The van der Waals surface area contributed by atoms with Gasteiger partial charge in [-0.25, -0.2) is 9.97 Å². The van der Waals surface area contributed by atoms with Gasteiger partial charge in [0.2, 0.25) is 5.95 Å². The summed E-state index contributed by atoms with van der Waals surface area (Å²) in [5, 5.41) is 3.13. The maximum Gasteiger partial charge on any atom is 0.223 e. The summed E-state index contributed by atoms with van der Waals surface area (Å²) >= 11 is 3.28. The summed E-state index contributed by atoms with van der Waals surface area (Å²) in [6, 6.07) is 3.83. The Bertz CT molecular complexity index is 413. The Morgan fingerprint density at radius 1 is 1.40 bits per heavy atom. The van der Waals surface area contributed by atoms with Crippen molar-refractivity contribution in [3.63, 3.8) is 0 Å². The first kappa shape index (κ1) is 10.2. The molecule has 0 amide bonds. The lowest BCUT2D eigenvalue weighted by atomic mass is 10.2. The van der Waals surface area contributed by atoms with Crippen LogP contribution in [0.3, 0.4) is 0 Å². The first-order chi connectivity index (χ1) is 7.25. The maximum atomic E-state index is 5.26. The van der Waals surface area contributed by atoms with Crippen molar-refractivity contribution >= 4 is 21.9 Å². The van der Waals surface area contributed by atoms with E-state index in [1.165, 1.54) is 0 Å². The molecule has 0 saturated heterocycles. The molecule has 0 fully saturated rings. The van der Waals surface area contributed by atoms with Gasteiger partial charge in [0.1, 0.15) is 5.76 Å². The standard InChI is InChI=1S/C10H10BrN3O/c1-7(9-3-2-4-15-9)14-10-12-5-8(11)6-13-10/h2-7H,1H3,(H,12,13,14). The van der Waals surface area contributed by atoms with E-state index < -0.39 is 0 Å². The molecule has 15 heavy (non-hydrogen) atoms. The van der Waals surface area contributed by atoms with E-state index in [9.17, 15) is 0 Å². The third kappa shape index (κ3) is 2.56. The number of halogens is 1. The molecule has 2 aromatic rings. The lowest BCUT2D eigenvalue weighted by Gasteiger charge is -2.10. The first-order valence-electron chi connectivity index (χ1n) is 4.53. The molecular formula is C10H10BrN3O. The van der Waals surface area contributed by atoms with E-state index in [0.29, 0.717) is 5.95 Å². The number of hydrogen-bond donors (Lipinski definition) is 1. The Labute approximate surface area is 95.9 Å². The normalized spacial score (nSPS) is 12.4. The molecule has 0 aromatic carbocycles. The fourth-order valence-electron chi connectivity index (χ4n) is 1.19. The van der Waals surface area contributed by atoms with Gasteiger partial charge in [0.25, 0.3) is 0 Å². The second-order valence-corrected chi connectivity index (χ2v) is 4.02. The van der Waals surface area contributed by atoms with E-state index in [4.69, 9.17) is 4.42 Å². The Kier molecular flexibility index (Phi) is 3.01. The van der Waals surface area contributed by atoms with Crippen LogP contribution in [-0.2, 0) is 0 Å². The molecule has 1 unspecified atom stereocenters. The molecule has 0 aliphatic rings. The second kappa shape index (κ2) is 4.44. The molecular weight excluding hydrogens is 258 g/mol. The minimum Gasteiger partial charge on any atom is -0.467 e. The number of nitrogens with zero attached hydrogens (tertiary/aromatic N) is 2. The second-order valence-electron chi connectivity index (χ2n) is 3.11. The summed E-state index contributed by atoms with van der Waals surface area (Å²) in [6.45, 7) is 1.99. The maximum absolute atomic E-state index is 5.26. The van der Waals surface area contributed by atoms with E-state index in [0.717, 1.165) is 10.2 Å². The quantitative estimate of drug-likeness (QED) is 0.929. The molecule has 0 aliphatic heterocycles. The zero-order valence-corrected chi connectivity index (χ0v) is 9.73. The van der Waals surface area contributed by atoms with Crippen molar-refractivity contribution in [3.8, 4) is 0 Å². The number of furan rings is 1. The van der Waals surface area contributed by atoms with Crippen molar-refractivity contribution in [1.82, 2.24) is 9.97 Å². The SMILES string of the molecule is CC(Nc1ncc(Br)cn1)c1ccco1. The van der Waals surface area contributed by atoms with Crippen LogP contribution in [0.15, 0.2) is 39.7 Å². The van der Waals surface area contributed by atoms with Crippen LogP contribution in [0.25, 0.3) is 0 Å². The van der Waals surface area contributed by atoms with Crippen molar-refractivity contribution in [1.29, 1.82) is 0 Å². The molecule has 0 aliphatic carbocycles. The molecule has 4 nitrogen and oxygen atoms in total. The van der Waals surface area contributed by atoms with E-state index in [1.54, 1.807) is 18.7 Å². The van der Waals surface area contributed by atoms with Crippen molar-refractivity contribution in [2.75, 3.05) is 5.32 Å². The number of nitrogens with one attached hydrogen (secondary N) is 1. The Morgan fingerprint density at radius 3 is 2.73 bits per heavy atom. The van der Waals surface area contributed by atoms with Crippen LogP contribution in [0.4, 0.5) is 5.95 Å². The van der Waals surface area contributed by atoms with Crippen LogP contribution in [0.2, 0.25) is 0 Å². The summed E-state index contributed by atoms with van der Waals surface area (Å²) in [5.74, 6) is 1.45. The van der Waals surface area contributed by atoms with Gasteiger partial charge in [0.15, 0.2) is 0 Å². The molecule has 1 atom stereocenters. The molecule has 2 aromatic heterocycles. The van der Waals surface area contributed by atoms with Crippen molar-refractivity contribution in [2.45, 2.75) is 13.0 Å². The molecule has 2 rings (SSSR count). The van der Waals surface area contributed by atoms with Gasteiger partial charge >= 0.3 is 0 Å². The summed E-state index contributed by atoms with van der Waals surface area (Å²) in [4.78, 5) is 8.23. The average Bonchev–Trinajstić information content (AvgIpc) is 2.74. The van der Waals surface area contributed by atoms with Gasteiger partial charge in [-0.05, 0) is 35.0 Å². The predicted octanol–water partition coefficient (Wildman–Crippen LogP) is 3.01. The van der Waals surface area contributed by atoms with E-state index >= 15 is 0 Å². The number of rotatable bonds is 3. The Balaban J connectivity index is 2.06. The van der Waals surface area contributed by atoms with E-state index in [-0.39, 0.29) is 6.04 Å². The number of hydrogen-bond acceptors (Lipinski definition) is 4. The minimum absolute atomic E-state index is 0.0566. The highest BCUT2D eigenvalue weighted by Gasteiger charge is 2.08. The van der Waals surface area contributed by atoms with Gasteiger partial charge in [0, 0.05) is 12.4 Å². The number of anilines is 1. The zero-order valence-electron chi connectivity index (χ0n) is 8.14. The van der Waals surface area contributed by atoms with Crippen molar-refractivity contribution in [3.05, 3.63) is 41.0 Å². The predicted molar refractivity (Wildman–Crippen MR) is 60.5 cm³/mol. The molecule has 0 spiro atoms. The third-order valence-corrected chi connectivity index (χ3v) is 2.35. The van der Waals surface area contributed by atoms with Gasteiger partial charge in [-0.3, -0.25) is 0 Å². The van der Waals surface area contributed by atoms with E-state index in [1.807, 2.05) is 19.1 Å². The highest BCUT2D eigenvalue weighted by atomic mass is 79.9. The average molecular weight is 268 g/mol. The molecule has 0 radical (unpaired) electrons. The summed E-state index contributed by atoms with van der Waals surface area (Å²) in [5.41, 5.74) is 0. The summed E-state index contributed by atoms with van der Waals surface area (Å²) in [7, 11) is 0. The van der Waals surface area contributed by atoms with Crippen molar-refractivity contribution < 1.29 is 4.42 Å². The molecule has 1 N–H and O–H groups in total. The molecule has 0 bridgehead atoms. The Hall–Kier alpha value is -1.36. The fraction of sp³-hybridized carbons (Fsp3) is 0.200. The van der Waals surface area contributed by atoms with Gasteiger partial charge in [0.05, 0.1) is 16.8 Å². The van der Waals surface area contributed by atoms with Crippen LogP contribution >= 0.6 is 15.9 Å². The third-order valence-electron chi connectivity index (χ3n) is 1.94. The number of aromatic nitrogens is 2. The lowest BCUT2D eigenvalue weighted by molar-refractivity contribution is 0.489. The molecule has 0 saturated carbocycles. The first-order valence-corrected chi connectivity index (χ1v) is 5.32. The highest BCUT2D eigenvalue weighted by molar-refractivity contribution is 9.10. The monoisotopic (exact) mass is 267 g/mol. The van der Waals surface area contributed by atoms with Gasteiger partial charge in [-0.15, -0.1) is 0 Å². The smallest absolute Gasteiger partial charge is 0.223 e. The fourth-order valence-corrected chi connectivity index (χ4v) is 1.39. The van der Waals surface area contributed by atoms with Gasteiger partial charge in [-0.2, -0.15) is 0 Å².